The third kappa shape index (κ3) is 3.95. The Morgan fingerprint density at radius 3 is 1.65 bits per heavy atom. The highest BCUT2D eigenvalue weighted by molar-refractivity contribution is 7.79. The Morgan fingerprint density at radius 1 is 0.769 bits per heavy atom. The van der Waals surface area contributed by atoms with Crippen LogP contribution in [0.3, 0.4) is 0 Å². The highest BCUT2D eigenvalue weighted by Gasteiger charge is 2.41. The molecule has 3 rings (SSSR count). The number of hydrogen-bond acceptors (Lipinski definition) is 2. The highest BCUT2D eigenvalue weighted by Crippen LogP contribution is 2.51. The molecule has 0 radical (unpaired) electrons. The summed E-state index contributed by atoms with van der Waals surface area (Å²) in [6.45, 7) is 0. The number of alkyl halides is 1. The van der Waals surface area contributed by atoms with Gasteiger partial charge >= 0.3 is 0 Å². The average molecular weight is 368 g/mol. The number of hydrogen-bond donors (Lipinski definition) is 1. The summed E-state index contributed by atoms with van der Waals surface area (Å²) in [7, 11) is -3.61. The number of aliphatic hydroxyl groups is 1. The molecule has 2 unspecified atom stereocenters. The quantitative estimate of drug-likeness (QED) is 0.632. The van der Waals surface area contributed by atoms with Crippen molar-refractivity contribution in [2.24, 2.45) is 0 Å². The zero-order valence-corrected chi connectivity index (χ0v) is 15.3. The number of halogens is 1. The second-order valence-electron chi connectivity index (χ2n) is 6.29. The summed E-state index contributed by atoms with van der Waals surface area (Å²) in [5, 5.41) is 11.3. The van der Waals surface area contributed by atoms with Crippen molar-refractivity contribution in [2.75, 3.05) is 0 Å². The molecule has 0 bridgehead atoms. The van der Waals surface area contributed by atoms with Gasteiger partial charge in [0.05, 0.1) is 6.10 Å². The first kappa shape index (κ1) is 18.6. The van der Waals surface area contributed by atoms with Crippen LogP contribution in [0, 0.1) is 0 Å². The molecule has 0 aliphatic carbocycles. The van der Waals surface area contributed by atoms with E-state index in [1.807, 2.05) is 30.3 Å². The second-order valence-corrected chi connectivity index (χ2v) is 9.14. The van der Waals surface area contributed by atoms with Crippen LogP contribution in [-0.2, 0) is 11.0 Å². The normalized spacial score (nSPS) is 13.9. The van der Waals surface area contributed by atoms with E-state index in [9.17, 15) is 9.67 Å². The Labute approximate surface area is 153 Å². The fourth-order valence-electron chi connectivity index (χ4n) is 3.07. The molecule has 0 aliphatic rings. The topological polar surface area (TPSA) is 37.3 Å². The largest absolute Gasteiger partial charge is 0.390 e. The van der Waals surface area contributed by atoms with Crippen molar-refractivity contribution >= 4 is 17.8 Å². The molecule has 3 aromatic carbocycles. The lowest BCUT2D eigenvalue weighted by Crippen LogP contribution is -2.32. The van der Waals surface area contributed by atoms with Crippen LogP contribution >= 0.6 is 7.14 Å². The molecule has 0 heterocycles. The van der Waals surface area contributed by atoms with Crippen molar-refractivity contribution in [1.29, 1.82) is 0 Å². The maximum absolute atomic E-state index is 15.4. The van der Waals surface area contributed by atoms with Crippen LogP contribution in [0.15, 0.2) is 91.0 Å². The van der Waals surface area contributed by atoms with Gasteiger partial charge in [0.1, 0.15) is 0 Å². The van der Waals surface area contributed by atoms with Gasteiger partial charge in [0, 0.05) is 10.6 Å². The molecule has 1 N–H and O–H groups in total. The Kier molecular flexibility index (Phi) is 6.03. The maximum Gasteiger partial charge on any atom is 0.186 e. The number of aryl methyl sites for hydroxylation is 1. The fraction of sp³-hybridized carbons (Fsp3) is 0.182. The van der Waals surface area contributed by atoms with Gasteiger partial charge < -0.3 is 9.67 Å². The first-order valence-corrected chi connectivity index (χ1v) is 10.5. The summed E-state index contributed by atoms with van der Waals surface area (Å²) >= 11 is 0. The Morgan fingerprint density at radius 2 is 1.19 bits per heavy atom. The molecule has 26 heavy (non-hydrogen) atoms. The van der Waals surface area contributed by atoms with E-state index in [-0.39, 0.29) is 6.42 Å². The monoisotopic (exact) mass is 368 g/mol. The van der Waals surface area contributed by atoms with E-state index in [1.54, 1.807) is 60.7 Å². The minimum Gasteiger partial charge on any atom is -0.390 e. The van der Waals surface area contributed by atoms with Crippen LogP contribution in [0.1, 0.15) is 12.0 Å². The van der Waals surface area contributed by atoms with E-state index in [2.05, 4.69) is 0 Å². The van der Waals surface area contributed by atoms with Gasteiger partial charge in [-0.25, -0.2) is 4.39 Å². The van der Waals surface area contributed by atoms with E-state index >= 15 is 4.39 Å². The predicted molar refractivity (Wildman–Crippen MR) is 105 cm³/mol. The van der Waals surface area contributed by atoms with E-state index in [0.29, 0.717) is 17.0 Å². The molecule has 3 aromatic rings. The van der Waals surface area contributed by atoms with Crippen molar-refractivity contribution in [3.05, 3.63) is 96.6 Å². The van der Waals surface area contributed by atoms with Crippen LogP contribution in [0.5, 0.6) is 0 Å². The van der Waals surface area contributed by atoms with Gasteiger partial charge in [-0.15, -0.1) is 0 Å². The van der Waals surface area contributed by atoms with Gasteiger partial charge in [-0.3, -0.25) is 0 Å². The van der Waals surface area contributed by atoms with E-state index in [1.165, 1.54) is 0 Å². The predicted octanol–water partition coefficient (Wildman–Crippen LogP) is 4.29. The molecule has 0 amide bonds. The van der Waals surface area contributed by atoms with Gasteiger partial charge in [-0.2, -0.15) is 0 Å². The number of aliphatic hydroxyl groups excluding tert-OH is 1. The molecule has 2 atom stereocenters. The molecular formula is C22H22FO2P. The van der Waals surface area contributed by atoms with Crippen molar-refractivity contribution < 1.29 is 14.1 Å². The third-order valence-electron chi connectivity index (χ3n) is 4.52. The Balaban J connectivity index is 1.88. The average Bonchev–Trinajstić information content (AvgIpc) is 2.73. The zero-order valence-electron chi connectivity index (χ0n) is 14.4. The summed E-state index contributed by atoms with van der Waals surface area (Å²) in [4.78, 5) is 0. The van der Waals surface area contributed by atoms with E-state index in [0.717, 1.165) is 5.56 Å². The Hall–Kier alpha value is -2.22. The standard InChI is InChI=1S/C22H22FO2P/c23-22(21(24)17-16-18-10-4-1-5-11-18)26(25,19-12-6-2-7-13-19)20-14-8-3-9-15-20/h1-15,21-22,24H,16-17H2. The smallest absolute Gasteiger partial charge is 0.186 e. The van der Waals surface area contributed by atoms with Crippen molar-refractivity contribution in [1.82, 2.24) is 0 Å². The molecular weight excluding hydrogens is 346 g/mol. The first-order valence-electron chi connectivity index (χ1n) is 8.69. The van der Waals surface area contributed by atoms with Crippen LogP contribution in [0.2, 0.25) is 0 Å². The van der Waals surface area contributed by atoms with Gasteiger partial charge in [0.15, 0.2) is 13.1 Å². The molecule has 0 fully saturated rings. The summed E-state index contributed by atoms with van der Waals surface area (Å²) in [6.07, 6.45) is -0.553. The lowest BCUT2D eigenvalue weighted by Gasteiger charge is -2.26. The summed E-state index contributed by atoms with van der Waals surface area (Å²) in [5.74, 6) is -1.85. The zero-order chi connectivity index (χ0) is 18.4. The number of benzene rings is 3. The SMILES string of the molecule is O=P(c1ccccc1)(c1ccccc1)C(F)C(O)CCc1ccccc1. The molecule has 0 spiro atoms. The maximum atomic E-state index is 15.4. The summed E-state index contributed by atoms with van der Waals surface area (Å²) in [5.41, 5.74) is 1.02. The molecule has 0 aromatic heterocycles. The van der Waals surface area contributed by atoms with Crippen LogP contribution in [-0.4, -0.2) is 17.1 Å². The highest BCUT2D eigenvalue weighted by atomic mass is 31.2. The molecule has 4 heteroatoms. The van der Waals surface area contributed by atoms with Crippen molar-refractivity contribution in [3.8, 4) is 0 Å². The fourth-order valence-corrected chi connectivity index (χ4v) is 5.80. The number of rotatable bonds is 7. The summed E-state index contributed by atoms with van der Waals surface area (Å²) in [6, 6.07) is 26.9. The Bertz CT molecular complexity index is 810. The van der Waals surface area contributed by atoms with Gasteiger partial charge in [-0.1, -0.05) is 91.0 Å². The molecule has 2 nitrogen and oxygen atoms in total. The molecule has 134 valence electrons. The van der Waals surface area contributed by atoms with E-state index in [4.69, 9.17) is 0 Å². The van der Waals surface area contributed by atoms with Crippen LogP contribution in [0.25, 0.3) is 0 Å². The van der Waals surface area contributed by atoms with Crippen LogP contribution < -0.4 is 10.6 Å². The van der Waals surface area contributed by atoms with Crippen molar-refractivity contribution in [2.45, 2.75) is 24.9 Å². The van der Waals surface area contributed by atoms with Crippen molar-refractivity contribution in [3.63, 3.8) is 0 Å². The minimum absolute atomic E-state index is 0.217. The minimum atomic E-state index is -3.61. The molecule has 0 aliphatic heterocycles. The second kappa shape index (κ2) is 8.44. The summed E-state index contributed by atoms with van der Waals surface area (Å²) < 4.78 is 29.2. The first-order chi connectivity index (χ1) is 12.6. The molecule has 0 saturated carbocycles. The third-order valence-corrected chi connectivity index (χ3v) is 7.69. The lowest BCUT2D eigenvalue weighted by molar-refractivity contribution is 0.110. The van der Waals surface area contributed by atoms with Gasteiger partial charge in [0.2, 0.25) is 0 Å². The lowest BCUT2D eigenvalue weighted by atomic mass is 10.1. The van der Waals surface area contributed by atoms with Gasteiger partial charge in [-0.05, 0) is 18.4 Å². The van der Waals surface area contributed by atoms with Gasteiger partial charge in [0.25, 0.3) is 0 Å². The van der Waals surface area contributed by atoms with Crippen LogP contribution in [0.4, 0.5) is 4.39 Å². The molecule has 0 saturated heterocycles. The van der Waals surface area contributed by atoms with E-state index < -0.39 is 19.2 Å².